The Labute approximate surface area is 130 Å². The molecule has 0 N–H and O–H groups in total. The molecule has 1 aliphatic rings. The van der Waals surface area contributed by atoms with E-state index < -0.39 is 0 Å². The van der Waals surface area contributed by atoms with Crippen LogP contribution in [0, 0.1) is 0 Å². The van der Waals surface area contributed by atoms with Gasteiger partial charge in [-0.05, 0) is 24.6 Å². The molecule has 110 valence electrons. The molecule has 0 aromatic heterocycles. The minimum atomic E-state index is 0.272. The molecule has 20 heavy (non-hydrogen) atoms. The Bertz CT molecular complexity index is 471. The van der Waals surface area contributed by atoms with Crippen molar-refractivity contribution in [1.82, 2.24) is 4.90 Å². The van der Waals surface area contributed by atoms with Crippen molar-refractivity contribution in [3.8, 4) is 0 Å². The van der Waals surface area contributed by atoms with Gasteiger partial charge in [-0.15, -0.1) is 0 Å². The van der Waals surface area contributed by atoms with Gasteiger partial charge in [-0.1, -0.05) is 36.5 Å². The lowest BCUT2D eigenvalue weighted by Gasteiger charge is -2.36. The number of anilines is 1. The van der Waals surface area contributed by atoms with Crippen LogP contribution >= 0.6 is 23.2 Å². The smallest absolute Gasteiger partial charge is 0.222 e. The minimum absolute atomic E-state index is 0.272. The molecule has 1 fully saturated rings. The molecule has 0 aliphatic carbocycles. The largest absolute Gasteiger partial charge is 0.367 e. The maximum atomic E-state index is 12.0. The highest BCUT2D eigenvalue weighted by Gasteiger charge is 2.21. The Hall–Kier alpha value is -0.930. The quantitative estimate of drug-likeness (QED) is 0.843. The Morgan fingerprint density at radius 1 is 1.20 bits per heavy atom. The summed E-state index contributed by atoms with van der Waals surface area (Å²) in [7, 11) is 0. The third kappa shape index (κ3) is 3.80. The third-order valence-electron chi connectivity index (χ3n) is 3.63. The molecule has 1 aliphatic heterocycles. The molecule has 1 heterocycles. The van der Waals surface area contributed by atoms with Crippen LogP contribution in [0.4, 0.5) is 5.69 Å². The highest BCUT2D eigenvalue weighted by Crippen LogP contribution is 2.29. The zero-order chi connectivity index (χ0) is 14.5. The van der Waals surface area contributed by atoms with Gasteiger partial charge in [0.1, 0.15) is 0 Å². The number of nitrogens with zero attached hydrogens (tertiary/aromatic N) is 2. The number of hydrogen-bond acceptors (Lipinski definition) is 2. The van der Waals surface area contributed by atoms with Gasteiger partial charge in [-0.2, -0.15) is 0 Å². The summed E-state index contributed by atoms with van der Waals surface area (Å²) < 4.78 is 0. The van der Waals surface area contributed by atoms with Gasteiger partial charge < -0.3 is 9.80 Å². The van der Waals surface area contributed by atoms with E-state index in [-0.39, 0.29) is 5.91 Å². The summed E-state index contributed by atoms with van der Waals surface area (Å²) in [5.41, 5.74) is 0.997. The standard InChI is InChI=1S/C15H20Cl2N2O/c1-2-3-4-15(20)19-9-7-18(8-10-19)14-6-5-12(16)11-13(14)17/h5-6,11H,2-4,7-10H2,1H3. The van der Waals surface area contributed by atoms with Crippen molar-refractivity contribution in [3.05, 3.63) is 28.2 Å². The molecule has 1 saturated heterocycles. The molecule has 0 spiro atoms. The number of benzene rings is 1. The number of hydrogen-bond donors (Lipinski definition) is 0. The zero-order valence-electron chi connectivity index (χ0n) is 11.7. The van der Waals surface area contributed by atoms with Crippen LogP contribution in [0.5, 0.6) is 0 Å². The first kappa shape index (κ1) is 15.5. The lowest BCUT2D eigenvalue weighted by atomic mass is 10.2. The van der Waals surface area contributed by atoms with Gasteiger partial charge in [0.2, 0.25) is 5.91 Å². The molecule has 0 radical (unpaired) electrons. The van der Waals surface area contributed by atoms with Crippen LogP contribution in [0.3, 0.4) is 0 Å². The molecule has 0 saturated carbocycles. The average molecular weight is 315 g/mol. The number of piperazine rings is 1. The number of rotatable bonds is 4. The van der Waals surface area contributed by atoms with Gasteiger partial charge >= 0.3 is 0 Å². The van der Waals surface area contributed by atoms with E-state index in [1.165, 1.54) is 0 Å². The van der Waals surface area contributed by atoms with E-state index in [0.717, 1.165) is 44.7 Å². The van der Waals surface area contributed by atoms with E-state index in [4.69, 9.17) is 23.2 Å². The number of halogens is 2. The van der Waals surface area contributed by atoms with E-state index in [9.17, 15) is 4.79 Å². The molecule has 1 amide bonds. The molecular formula is C15H20Cl2N2O. The first-order valence-electron chi connectivity index (χ1n) is 7.09. The molecular weight excluding hydrogens is 295 g/mol. The SMILES string of the molecule is CCCCC(=O)N1CCN(c2ccc(Cl)cc2Cl)CC1. The topological polar surface area (TPSA) is 23.6 Å². The van der Waals surface area contributed by atoms with Crippen molar-refractivity contribution in [2.45, 2.75) is 26.2 Å². The summed E-state index contributed by atoms with van der Waals surface area (Å²) in [6, 6.07) is 5.55. The summed E-state index contributed by atoms with van der Waals surface area (Å²) >= 11 is 12.1. The van der Waals surface area contributed by atoms with E-state index in [1.807, 2.05) is 17.0 Å². The summed E-state index contributed by atoms with van der Waals surface area (Å²) in [6.07, 6.45) is 2.70. The lowest BCUT2D eigenvalue weighted by molar-refractivity contribution is -0.131. The number of amides is 1. The summed E-state index contributed by atoms with van der Waals surface area (Å²) in [5.74, 6) is 0.272. The van der Waals surface area contributed by atoms with Crippen LogP contribution in [0.25, 0.3) is 0 Å². The van der Waals surface area contributed by atoms with Crippen molar-refractivity contribution in [2.24, 2.45) is 0 Å². The molecule has 0 atom stereocenters. The highest BCUT2D eigenvalue weighted by molar-refractivity contribution is 6.36. The van der Waals surface area contributed by atoms with Gasteiger partial charge in [0, 0.05) is 37.6 Å². The Balaban J connectivity index is 1.92. The van der Waals surface area contributed by atoms with Crippen LogP contribution in [-0.2, 0) is 4.79 Å². The van der Waals surface area contributed by atoms with Crippen molar-refractivity contribution >= 4 is 34.8 Å². The van der Waals surface area contributed by atoms with Crippen LogP contribution in [0.2, 0.25) is 10.0 Å². The molecule has 1 aromatic carbocycles. The van der Waals surface area contributed by atoms with E-state index >= 15 is 0 Å². The van der Waals surface area contributed by atoms with Crippen molar-refractivity contribution < 1.29 is 4.79 Å². The van der Waals surface area contributed by atoms with Crippen LogP contribution in [-0.4, -0.2) is 37.0 Å². The summed E-state index contributed by atoms with van der Waals surface area (Å²) in [4.78, 5) is 16.1. The Kier molecular flexibility index (Phi) is 5.55. The molecule has 2 rings (SSSR count). The monoisotopic (exact) mass is 314 g/mol. The number of unbranched alkanes of at least 4 members (excludes halogenated alkanes) is 1. The lowest BCUT2D eigenvalue weighted by Crippen LogP contribution is -2.48. The van der Waals surface area contributed by atoms with Gasteiger partial charge in [0.25, 0.3) is 0 Å². The van der Waals surface area contributed by atoms with Gasteiger partial charge in [-0.25, -0.2) is 0 Å². The summed E-state index contributed by atoms with van der Waals surface area (Å²) in [6.45, 7) is 5.27. The van der Waals surface area contributed by atoms with E-state index in [1.54, 1.807) is 6.07 Å². The van der Waals surface area contributed by atoms with Crippen LogP contribution < -0.4 is 4.90 Å². The molecule has 0 unspecified atom stereocenters. The molecule has 0 bridgehead atoms. The predicted octanol–water partition coefficient (Wildman–Crippen LogP) is 3.83. The predicted molar refractivity (Wildman–Crippen MR) is 84.8 cm³/mol. The van der Waals surface area contributed by atoms with Gasteiger partial charge in [-0.3, -0.25) is 4.79 Å². The van der Waals surface area contributed by atoms with Gasteiger partial charge in [0.05, 0.1) is 10.7 Å². The molecule has 5 heteroatoms. The Morgan fingerprint density at radius 2 is 1.90 bits per heavy atom. The van der Waals surface area contributed by atoms with E-state index in [2.05, 4.69) is 11.8 Å². The number of carbonyl (C=O) groups excluding carboxylic acids is 1. The first-order valence-corrected chi connectivity index (χ1v) is 7.85. The van der Waals surface area contributed by atoms with Crippen molar-refractivity contribution in [2.75, 3.05) is 31.1 Å². The normalized spacial score (nSPS) is 15.6. The maximum absolute atomic E-state index is 12.0. The second-order valence-corrected chi connectivity index (χ2v) is 5.91. The molecule has 3 nitrogen and oxygen atoms in total. The fraction of sp³-hybridized carbons (Fsp3) is 0.533. The second-order valence-electron chi connectivity index (χ2n) is 5.07. The van der Waals surface area contributed by atoms with Crippen molar-refractivity contribution in [1.29, 1.82) is 0 Å². The highest BCUT2D eigenvalue weighted by atomic mass is 35.5. The van der Waals surface area contributed by atoms with E-state index in [0.29, 0.717) is 16.5 Å². The van der Waals surface area contributed by atoms with Crippen molar-refractivity contribution in [3.63, 3.8) is 0 Å². The average Bonchev–Trinajstić information content (AvgIpc) is 2.45. The van der Waals surface area contributed by atoms with Crippen LogP contribution in [0.1, 0.15) is 26.2 Å². The second kappa shape index (κ2) is 7.19. The van der Waals surface area contributed by atoms with Crippen LogP contribution in [0.15, 0.2) is 18.2 Å². The maximum Gasteiger partial charge on any atom is 0.222 e. The van der Waals surface area contributed by atoms with Gasteiger partial charge in [0.15, 0.2) is 0 Å². The number of carbonyl (C=O) groups is 1. The fourth-order valence-corrected chi connectivity index (χ4v) is 2.95. The third-order valence-corrected chi connectivity index (χ3v) is 4.16. The minimum Gasteiger partial charge on any atom is -0.367 e. The Morgan fingerprint density at radius 3 is 2.50 bits per heavy atom. The fourth-order valence-electron chi connectivity index (χ4n) is 2.42. The molecule has 1 aromatic rings. The first-order chi connectivity index (χ1) is 9.61. The summed E-state index contributed by atoms with van der Waals surface area (Å²) in [5, 5.41) is 1.32. The zero-order valence-corrected chi connectivity index (χ0v) is 13.3.